The SMILES string of the molecule is Cn1c2cccc3c4ccccc4n4c5c(ccc1c5c32)c1c4c2ccccc2n1-c1ccccc1. The van der Waals surface area contributed by atoms with Crippen LogP contribution in [0.5, 0.6) is 0 Å². The minimum atomic E-state index is 1.19. The van der Waals surface area contributed by atoms with Gasteiger partial charge in [0.15, 0.2) is 0 Å². The molecule has 0 bridgehead atoms. The molecule has 168 valence electrons. The lowest BCUT2D eigenvalue weighted by Gasteiger charge is -2.08. The van der Waals surface area contributed by atoms with Crippen molar-refractivity contribution in [2.24, 2.45) is 7.05 Å². The molecular weight excluding hydrogens is 438 g/mol. The number of aromatic nitrogens is 3. The second-order valence-electron chi connectivity index (χ2n) is 9.85. The maximum absolute atomic E-state index is 2.55. The number of aryl methyl sites for hydroxylation is 1. The van der Waals surface area contributed by atoms with Gasteiger partial charge in [-0.15, -0.1) is 0 Å². The van der Waals surface area contributed by atoms with E-state index < -0.39 is 0 Å². The molecule has 0 aliphatic rings. The molecule has 3 nitrogen and oxygen atoms in total. The monoisotopic (exact) mass is 459 g/mol. The first kappa shape index (κ1) is 18.6. The van der Waals surface area contributed by atoms with Crippen molar-refractivity contribution in [2.75, 3.05) is 0 Å². The number of nitrogens with zero attached hydrogens (tertiary/aromatic N) is 3. The molecule has 0 aliphatic carbocycles. The quantitative estimate of drug-likeness (QED) is 0.234. The van der Waals surface area contributed by atoms with Gasteiger partial charge in [-0.3, -0.25) is 0 Å². The third kappa shape index (κ3) is 1.99. The highest BCUT2D eigenvalue weighted by Crippen LogP contribution is 2.46. The first-order valence-electron chi connectivity index (χ1n) is 12.5. The summed E-state index contributed by atoms with van der Waals surface area (Å²) in [5.74, 6) is 0. The first-order valence-corrected chi connectivity index (χ1v) is 12.5. The van der Waals surface area contributed by atoms with Crippen molar-refractivity contribution in [1.29, 1.82) is 0 Å². The first-order chi connectivity index (χ1) is 17.8. The second kappa shape index (κ2) is 6.27. The average Bonchev–Trinajstić information content (AvgIpc) is 3.51. The highest BCUT2D eigenvalue weighted by atomic mass is 15.0. The lowest BCUT2D eigenvalue weighted by Crippen LogP contribution is -1.93. The Bertz CT molecular complexity index is 2310. The molecule has 0 atom stereocenters. The van der Waals surface area contributed by atoms with Crippen molar-refractivity contribution in [2.45, 2.75) is 0 Å². The number of rotatable bonds is 1. The van der Waals surface area contributed by atoms with Crippen molar-refractivity contribution >= 4 is 70.9 Å². The van der Waals surface area contributed by atoms with Crippen molar-refractivity contribution in [3.05, 3.63) is 109 Å². The third-order valence-corrected chi connectivity index (χ3v) is 8.17. The Morgan fingerprint density at radius 1 is 0.417 bits per heavy atom. The summed E-state index contributed by atoms with van der Waals surface area (Å²) >= 11 is 0. The van der Waals surface area contributed by atoms with Crippen LogP contribution in [0, 0.1) is 0 Å². The summed E-state index contributed by atoms with van der Waals surface area (Å²) in [6.07, 6.45) is 0. The lowest BCUT2D eigenvalue weighted by atomic mass is 10.0. The summed E-state index contributed by atoms with van der Waals surface area (Å²) in [7, 11) is 2.19. The molecular formula is C33H21N3. The Morgan fingerprint density at radius 2 is 1.08 bits per heavy atom. The lowest BCUT2D eigenvalue weighted by molar-refractivity contribution is 1.01. The van der Waals surface area contributed by atoms with Crippen LogP contribution in [-0.4, -0.2) is 13.5 Å². The average molecular weight is 460 g/mol. The molecule has 4 heterocycles. The van der Waals surface area contributed by atoms with Crippen LogP contribution in [0.3, 0.4) is 0 Å². The molecule has 0 saturated heterocycles. The summed E-state index contributed by atoms with van der Waals surface area (Å²) in [5, 5.41) is 7.84. The third-order valence-electron chi connectivity index (χ3n) is 8.17. The van der Waals surface area contributed by atoms with Crippen LogP contribution in [0.4, 0.5) is 0 Å². The Morgan fingerprint density at radius 3 is 1.94 bits per heavy atom. The number of hydrogen-bond acceptors (Lipinski definition) is 0. The van der Waals surface area contributed by atoms with Gasteiger partial charge in [0.05, 0.1) is 33.1 Å². The van der Waals surface area contributed by atoms with Gasteiger partial charge < -0.3 is 13.5 Å². The van der Waals surface area contributed by atoms with Gasteiger partial charge in [0, 0.05) is 45.2 Å². The molecule has 0 saturated carbocycles. The van der Waals surface area contributed by atoms with E-state index in [0.29, 0.717) is 0 Å². The molecule has 36 heavy (non-hydrogen) atoms. The topological polar surface area (TPSA) is 14.3 Å². The molecule has 9 aromatic rings. The van der Waals surface area contributed by atoms with E-state index in [1.807, 2.05) is 0 Å². The minimum absolute atomic E-state index is 1.19. The minimum Gasteiger partial charge on any atom is -0.344 e. The van der Waals surface area contributed by atoms with Gasteiger partial charge in [0.2, 0.25) is 0 Å². The van der Waals surface area contributed by atoms with Gasteiger partial charge in [-0.05, 0) is 47.9 Å². The summed E-state index contributed by atoms with van der Waals surface area (Å²) in [5.41, 5.74) is 10.1. The molecule has 0 N–H and O–H groups in total. The second-order valence-corrected chi connectivity index (χ2v) is 9.85. The maximum atomic E-state index is 2.55. The van der Waals surface area contributed by atoms with Crippen molar-refractivity contribution in [3.8, 4) is 5.69 Å². The molecule has 5 aromatic carbocycles. The van der Waals surface area contributed by atoms with Gasteiger partial charge in [-0.1, -0.05) is 66.7 Å². The van der Waals surface area contributed by atoms with E-state index >= 15 is 0 Å². The molecule has 4 aromatic heterocycles. The molecule has 0 spiro atoms. The van der Waals surface area contributed by atoms with Gasteiger partial charge in [0.25, 0.3) is 0 Å². The van der Waals surface area contributed by atoms with Crippen LogP contribution in [0.2, 0.25) is 0 Å². The zero-order chi connectivity index (χ0) is 23.5. The van der Waals surface area contributed by atoms with Crippen molar-refractivity contribution in [3.63, 3.8) is 0 Å². The zero-order valence-electron chi connectivity index (χ0n) is 19.7. The zero-order valence-corrected chi connectivity index (χ0v) is 19.7. The van der Waals surface area contributed by atoms with E-state index in [1.54, 1.807) is 0 Å². The van der Waals surface area contributed by atoms with E-state index in [9.17, 15) is 0 Å². The van der Waals surface area contributed by atoms with Crippen molar-refractivity contribution in [1.82, 2.24) is 13.5 Å². The molecule has 3 heteroatoms. The summed E-state index contributed by atoms with van der Waals surface area (Å²) in [6.45, 7) is 0. The van der Waals surface area contributed by atoms with Crippen LogP contribution < -0.4 is 0 Å². The maximum Gasteiger partial charge on any atom is 0.0804 e. The molecule has 0 unspecified atom stereocenters. The van der Waals surface area contributed by atoms with E-state index in [0.717, 1.165) is 0 Å². The van der Waals surface area contributed by atoms with Crippen LogP contribution >= 0.6 is 0 Å². The standard InChI is InChI=1S/C33H21N3/c1-34-27-17-9-14-22-21-12-5-7-15-25(21)36-31-24(18-19-28(34)30(31)29(22)27)33-32(36)23-13-6-8-16-26(23)35(33)20-10-3-2-4-11-20/h2-19H,1H3. The fourth-order valence-electron chi connectivity index (χ4n) is 6.76. The highest BCUT2D eigenvalue weighted by molar-refractivity contribution is 6.34. The van der Waals surface area contributed by atoms with Gasteiger partial charge >= 0.3 is 0 Å². The van der Waals surface area contributed by atoms with E-state index in [4.69, 9.17) is 0 Å². The predicted molar refractivity (Wildman–Crippen MR) is 152 cm³/mol. The molecule has 0 radical (unpaired) electrons. The molecule has 0 fully saturated rings. The number of para-hydroxylation sites is 3. The van der Waals surface area contributed by atoms with Gasteiger partial charge in [0.1, 0.15) is 0 Å². The highest BCUT2D eigenvalue weighted by Gasteiger charge is 2.25. The van der Waals surface area contributed by atoms with E-state index in [1.165, 1.54) is 76.6 Å². The Kier molecular flexibility index (Phi) is 3.23. The van der Waals surface area contributed by atoms with Crippen LogP contribution in [-0.2, 0) is 7.05 Å². The Balaban J connectivity index is 1.74. The largest absolute Gasteiger partial charge is 0.344 e. The summed E-state index contributed by atoms with van der Waals surface area (Å²) in [4.78, 5) is 0. The van der Waals surface area contributed by atoms with Gasteiger partial charge in [-0.2, -0.15) is 0 Å². The van der Waals surface area contributed by atoms with E-state index in [-0.39, 0.29) is 0 Å². The summed E-state index contributed by atoms with van der Waals surface area (Å²) in [6, 6.07) is 39.9. The van der Waals surface area contributed by atoms with Crippen LogP contribution in [0.25, 0.3) is 76.6 Å². The fourth-order valence-corrected chi connectivity index (χ4v) is 6.76. The smallest absolute Gasteiger partial charge is 0.0804 e. The number of fused-ring (bicyclic) bond motifs is 8. The van der Waals surface area contributed by atoms with Gasteiger partial charge in [-0.25, -0.2) is 0 Å². The van der Waals surface area contributed by atoms with E-state index in [2.05, 4.69) is 130 Å². The summed E-state index contributed by atoms with van der Waals surface area (Å²) < 4.78 is 7.35. The molecule has 9 rings (SSSR count). The predicted octanol–water partition coefficient (Wildman–Crippen LogP) is 8.43. The Hall–Kier alpha value is -4.76. The molecule has 0 amide bonds. The fraction of sp³-hybridized carbons (Fsp3) is 0.0303. The molecule has 0 aliphatic heterocycles. The van der Waals surface area contributed by atoms with Crippen LogP contribution in [0.15, 0.2) is 109 Å². The Labute approximate surface area is 206 Å². The number of benzene rings is 5. The van der Waals surface area contributed by atoms with Crippen LogP contribution in [0.1, 0.15) is 0 Å². The van der Waals surface area contributed by atoms with Crippen molar-refractivity contribution < 1.29 is 0 Å². The number of hydrogen-bond donors (Lipinski definition) is 0. The normalized spacial score (nSPS) is 12.6.